The van der Waals surface area contributed by atoms with Crippen LogP contribution in [0.25, 0.3) is 0 Å². The monoisotopic (exact) mass is 229 g/mol. The van der Waals surface area contributed by atoms with Gasteiger partial charge in [0.25, 0.3) is 0 Å². The predicted molar refractivity (Wildman–Crippen MR) is 75.4 cm³/mol. The van der Waals surface area contributed by atoms with Gasteiger partial charge in [0, 0.05) is 5.56 Å². The van der Waals surface area contributed by atoms with E-state index in [4.69, 9.17) is 0 Å². The molecule has 0 atom stereocenters. The summed E-state index contributed by atoms with van der Waals surface area (Å²) in [7, 11) is 1.93. The molecule has 0 heterocycles. The van der Waals surface area contributed by atoms with E-state index in [1.54, 1.807) is 0 Å². The zero-order valence-corrected chi connectivity index (χ0v) is 11.5. The normalized spacial score (nSPS) is 9.88. The maximum Gasteiger partial charge on any atom is 0.0577 e. The van der Waals surface area contributed by atoms with Crippen LogP contribution in [-0.4, -0.2) is 13.6 Å². The second-order valence-corrected chi connectivity index (χ2v) is 4.18. The molecule has 0 radical (unpaired) electrons. The van der Waals surface area contributed by atoms with Crippen LogP contribution in [0.3, 0.4) is 0 Å². The molecule has 0 amide bonds. The maximum atomic E-state index is 3.32. The van der Waals surface area contributed by atoms with Gasteiger partial charge in [0.2, 0.25) is 0 Å². The minimum Gasteiger partial charge on any atom is -0.309 e. The molecule has 0 saturated heterocycles. The molecule has 1 rings (SSSR count). The fraction of sp³-hybridized carbons (Fsp3) is 0.500. The van der Waals surface area contributed by atoms with Crippen molar-refractivity contribution in [3.05, 3.63) is 34.4 Å². The molecule has 1 aromatic carbocycles. The molecular weight excluding hydrogens is 206 g/mol. The summed E-state index contributed by atoms with van der Waals surface area (Å²) < 4.78 is 0. The third-order valence-electron chi connectivity index (χ3n) is 3.01. The van der Waals surface area contributed by atoms with Crippen molar-refractivity contribution in [2.24, 2.45) is 0 Å². The zero-order valence-electron chi connectivity index (χ0n) is 11.5. The zero-order chi connectivity index (χ0) is 12.7. The maximum absolute atomic E-state index is 3.32. The van der Waals surface area contributed by atoms with Gasteiger partial charge < -0.3 is 5.32 Å². The summed E-state index contributed by atoms with van der Waals surface area (Å²) in [5, 5.41) is 3.06. The van der Waals surface area contributed by atoms with E-state index in [1.807, 2.05) is 7.05 Å². The van der Waals surface area contributed by atoms with Crippen LogP contribution >= 0.6 is 0 Å². The first kappa shape index (κ1) is 13.8. The lowest BCUT2D eigenvalue weighted by atomic mass is 9.94. The Morgan fingerprint density at radius 2 is 1.59 bits per heavy atom. The number of hydrogen-bond acceptors (Lipinski definition) is 1. The minimum atomic E-state index is 0.752. The second kappa shape index (κ2) is 7.14. The fourth-order valence-corrected chi connectivity index (χ4v) is 1.98. The third kappa shape index (κ3) is 3.61. The van der Waals surface area contributed by atoms with Gasteiger partial charge in [-0.05, 0) is 43.0 Å². The highest BCUT2D eigenvalue weighted by molar-refractivity contribution is 5.49. The second-order valence-electron chi connectivity index (χ2n) is 4.18. The molecule has 0 aliphatic heterocycles. The van der Waals surface area contributed by atoms with E-state index >= 15 is 0 Å². The number of hydrogen-bond donors (Lipinski definition) is 1. The summed E-state index contributed by atoms with van der Waals surface area (Å²) in [4.78, 5) is 0. The first-order chi connectivity index (χ1) is 8.26. The van der Waals surface area contributed by atoms with E-state index in [-0.39, 0.29) is 0 Å². The van der Waals surface area contributed by atoms with Crippen molar-refractivity contribution in [3.63, 3.8) is 0 Å². The van der Waals surface area contributed by atoms with E-state index in [9.17, 15) is 0 Å². The molecule has 1 heteroatoms. The van der Waals surface area contributed by atoms with Crippen LogP contribution in [0.15, 0.2) is 12.1 Å². The van der Waals surface area contributed by atoms with Gasteiger partial charge in [-0.3, -0.25) is 0 Å². The van der Waals surface area contributed by atoms with E-state index in [0.29, 0.717) is 0 Å². The van der Waals surface area contributed by atoms with E-state index in [2.05, 4.69) is 50.1 Å². The smallest absolute Gasteiger partial charge is 0.0577 e. The number of rotatable bonds is 4. The molecule has 17 heavy (non-hydrogen) atoms. The topological polar surface area (TPSA) is 12.0 Å². The Morgan fingerprint density at radius 1 is 1.00 bits per heavy atom. The molecule has 0 unspecified atom stereocenters. The van der Waals surface area contributed by atoms with Crippen LogP contribution in [0.4, 0.5) is 0 Å². The molecule has 92 valence electrons. The quantitative estimate of drug-likeness (QED) is 0.783. The van der Waals surface area contributed by atoms with Crippen molar-refractivity contribution < 1.29 is 0 Å². The van der Waals surface area contributed by atoms with Gasteiger partial charge in [0.15, 0.2) is 0 Å². The standard InChI is InChI=1S/C16H23N/c1-5-13-11-14(6-2)16(9-8-10-17-4)15(7-3)12-13/h11-12,17H,5-7,10H2,1-4H3. The van der Waals surface area contributed by atoms with Crippen LogP contribution in [0, 0.1) is 11.8 Å². The summed E-state index contributed by atoms with van der Waals surface area (Å²) in [5.41, 5.74) is 5.47. The molecule has 1 nitrogen and oxygen atoms in total. The highest BCUT2D eigenvalue weighted by Crippen LogP contribution is 2.19. The fourth-order valence-electron chi connectivity index (χ4n) is 1.98. The first-order valence-electron chi connectivity index (χ1n) is 6.54. The molecule has 0 aliphatic rings. The molecule has 0 spiro atoms. The Kier molecular flexibility index (Phi) is 5.80. The van der Waals surface area contributed by atoms with Gasteiger partial charge in [-0.1, -0.05) is 44.7 Å². The van der Waals surface area contributed by atoms with Crippen LogP contribution in [-0.2, 0) is 19.3 Å². The van der Waals surface area contributed by atoms with Gasteiger partial charge in [-0.15, -0.1) is 0 Å². The van der Waals surface area contributed by atoms with Crippen molar-refractivity contribution in [2.45, 2.75) is 40.0 Å². The molecule has 0 aromatic heterocycles. The third-order valence-corrected chi connectivity index (χ3v) is 3.01. The predicted octanol–water partition coefficient (Wildman–Crippen LogP) is 2.94. The largest absolute Gasteiger partial charge is 0.309 e. The summed E-state index contributed by atoms with van der Waals surface area (Å²) in [6.07, 6.45) is 3.22. The summed E-state index contributed by atoms with van der Waals surface area (Å²) in [6.45, 7) is 7.37. The van der Waals surface area contributed by atoms with Crippen molar-refractivity contribution in [2.75, 3.05) is 13.6 Å². The van der Waals surface area contributed by atoms with Crippen LogP contribution in [0.5, 0.6) is 0 Å². The average molecular weight is 229 g/mol. The lowest BCUT2D eigenvalue weighted by molar-refractivity contribution is 0.937. The Morgan fingerprint density at radius 3 is 2.00 bits per heavy atom. The van der Waals surface area contributed by atoms with E-state index in [1.165, 1.54) is 22.3 Å². The van der Waals surface area contributed by atoms with Gasteiger partial charge in [-0.2, -0.15) is 0 Å². The van der Waals surface area contributed by atoms with Gasteiger partial charge in [0.1, 0.15) is 0 Å². The Hall–Kier alpha value is -1.26. The SMILES string of the molecule is CCc1cc(CC)c(C#CCNC)c(CC)c1. The molecule has 1 N–H and O–H groups in total. The highest BCUT2D eigenvalue weighted by Gasteiger charge is 2.06. The average Bonchev–Trinajstić information content (AvgIpc) is 2.38. The van der Waals surface area contributed by atoms with Crippen molar-refractivity contribution in [3.8, 4) is 11.8 Å². The number of benzene rings is 1. The van der Waals surface area contributed by atoms with Crippen molar-refractivity contribution in [1.29, 1.82) is 0 Å². The minimum absolute atomic E-state index is 0.752. The number of aryl methyl sites for hydroxylation is 3. The van der Waals surface area contributed by atoms with Crippen LogP contribution in [0.1, 0.15) is 43.0 Å². The van der Waals surface area contributed by atoms with Gasteiger partial charge in [0.05, 0.1) is 6.54 Å². The van der Waals surface area contributed by atoms with Crippen LogP contribution < -0.4 is 5.32 Å². The highest BCUT2D eigenvalue weighted by atomic mass is 14.8. The van der Waals surface area contributed by atoms with Crippen LogP contribution in [0.2, 0.25) is 0 Å². The van der Waals surface area contributed by atoms with Crippen molar-refractivity contribution in [1.82, 2.24) is 5.32 Å². The number of nitrogens with one attached hydrogen (secondary N) is 1. The lowest BCUT2D eigenvalue weighted by Gasteiger charge is -2.10. The molecular formula is C16H23N. The first-order valence-corrected chi connectivity index (χ1v) is 6.54. The molecule has 0 bridgehead atoms. The van der Waals surface area contributed by atoms with E-state index in [0.717, 1.165) is 25.8 Å². The summed E-state index contributed by atoms with van der Waals surface area (Å²) in [6, 6.07) is 4.62. The van der Waals surface area contributed by atoms with Crippen molar-refractivity contribution >= 4 is 0 Å². The molecule has 0 fully saturated rings. The lowest BCUT2D eigenvalue weighted by Crippen LogP contribution is -2.05. The Bertz CT molecular complexity index is 396. The Labute approximate surface area is 106 Å². The van der Waals surface area contributed by atoms with E-state index < -0.39 is 0 Å². The van der Waals surface area contributed by atoms with Gasteiger partial charge in [-0.25, -0.2) is 0 Å². The molecule has 1 aromatic rings. The Balaban J connectivity index is 3.21. The molecule has 0 aliphatic carbocycles. The summed E-state index contributed by atoms with van der Waals surface area (Å²) >= 11 is 0. The van der Waals surface area contributed by atoms with Gasteiger partial charge >= 0.3 is 0 Å². The summed E-state index contributed by atoms with van der Waals surface area (Å²) in [5.74, 6) is 6.50. The molecule has 0 saturated carbocycles.